The highest BCUT2D eigenvalue weighted by Gasteiger charge is 2.20. The molecule has 1 saturated heterocycles. The molecule has 1 aliphatic heterocycles. The van der Waals surface area contributed by atoms with Crippen LogP contribution >= 0.6 is 11.8 Å². The van der Waals surface area contributed by atoms with Gasteiger partial charge in [-0.2, -0.15) is 4.98 Å². The number of rotatable bonds is 3. The van der Waals surface area contributed by atoms with Crippen molar-refractivity contribution in [1.29, 1.82) is 0 Å². The first-order valence-electron chi connectivity index (χ1n) is 7.75. The fraction of sp³-hybridized carbons (Fsp3) is 0.600. The van der Waals surface area contributed by atoms with Crippen LogP contribution in [0.25, 0.3) is 5.78 Å². The number of aryl methyl sites for hydroxylation is 2. The molecular weight excluding hydrogens is 312 g/mol. The van der Waals surface area contributed by atoms with E-state index in [2.05, 4.69) is 27.0 Å². The summed E-state index contributed by atoms with van der Waals surface area (Å²) in [7, 11) is 2.08. The predicted molar refractivity (Wildman–Crippen MR) is 89.8 cm³/mol. The Morgan fingerprint density at radius 1 is 1.13 bits per heavy atom. The number of fused-ring (bicyclic) bond motifs is 1. The molecule has 124 valence electrons. The van der Waals surface area contributed by atoms with Crippen molar-refractivity contribution in [3.8, 4) is 0 Å². The number of piperazine rings is 1. The van der Waals surface area contributed by atoms with Crippen molar-refractivity contribution in [1.82, 2.24) is 29.4 Å². The first-order chi connectivity index (χ1) is 11.0. The molecule has 3 rings (SSSR count). The molecule has 1 fully saturated rings. The van der Waals surface area contributed by atoms with E-state index >= 15 is 0 Å². The molecule has 23 heavy (non-hydrogen) atoms. The van der Waals surface area contributed by atoms with Gasteiger partial charge >= 0.3 is 0 Å². The lowest BCUT2D eigenvalue weighted by molar-refractivity contribution is -0.129. The summed E-state index contributed by atoms with van der Waals surface area (Å²) in [5, 5.41) is 5.08. The van der Waals surface area contributed by atoms with Gasteiger partial charge in [0.25, 0.3) is 5.78 Å². The maximum absolute atomic E-state index is 12.3. The van der Waals surface area contributed by atoms with Crippen molar-refractivity contribution in [2.45, 2.75) is 25.9 Å². The highest BCUT2D eigenvalue weighted by molar-refractivity contribution is 7.99. The molecule has 1 amide bonds. The Hall–Kier alpha value is -1.67. The van der Waals surface area contributed by atoms with Crippen LogP contribution in [0.4, 0.5) is 0 Å². The highest BCUT2D eigenvalue weighted by Crippen LogP contribution is 2.18. The first-order valence-corrected chi connectivity index (χ1v) is 8.74. The van der Waals surface area contributed by atoms with Crippen molar-refractivity contribution in [3.63, 3.8) is 0 Å². The summed E-state index contributed by atoms with van der Waals surface area (Å²) in [5.74, 6) is 1.12. The normalized spacial score (nSPS) is 16.3. The van der Waals surface area contributed by atoms with E-state index in [1.807, 2.05) is 25.7 Å². The average molecular weight is 334 g/mol. The van der Waals surface area contributed by atoms with E-state index in [1.165, 1.54) is 11.8 Å². The number of thioether (sulfide) groups is 1. The summed E-state index contributed by atoms with van der Waals surface area (Å²) < 4.78 is 1.75. The van der Waals surface area contributed by atoms with Gasteiger partial charge in [-0.15, -0.1) is 5.10 Å². The molecule has 2 aromatic rings. The lowest BCUT2D eigenvalue weighted by Gasteiger charge is -2.32. The topological polar surface area (TPSA) is 66.6 Å². The lowest BCUT2D eigenvalue weighted by atomic mass is 10.2. The number of aromatic nitrogens is 4. The molecular formula is C15H22N6OS. The molecule has 0 unspecified atom stereocenters. The summed E-state index contributed by atoms with van der Waals surface area (Å²) >= 11 is 1.38. The fourth-order valence-corrected chi connectivity index (χ4v) is 3.29. The summed E-state index contributed by atoms with van der Waals surface area (Å²) in [6.45, 7) is 9.48. The third kappa shape index (κ3) is 3.32. The number of nitrogens with zero attached hydrogens (tertiary/aromatic N) is 6. The number of likely N-dealkylation sites (N-methyl/N-ethyl adjacent to an activating group) is 1. The Morgan fingerprint density at radius 3 is 2.52 bits per heavy atom. The molecule has 0 bridgehead atoms. The van der Waals surface area contributed by atoms with Crippen LogP contribution in [0.2, 0.25) is 0 Å². The van der Waals surface area contributed by atoms with Crippen molar-refractivity contribution in [3.05, 3.63) is 17.0 Å². The Morgan fingerprint density at radius 2 is 1.83 bits per heavy atom. The molecule has 0 aliphatic carbocycles. The van der Waals surface area contributed by atoms with Gasteiger partial charge in [-0.05, 0) is 33.4 Å². The third-order valence-corrected chi connectivity index (χ3v) is 5.24. The van der Waals surface area contributed by atoms with Gasteiger partial charge in [0.1, 0.15) is 0 Å². The van der Waals surface area contributed by atoms with Gasteiger partial charge in [0.2, 0.25) is 11.1 Å². The lowest BCUT2D eigenvalue weighted by Crippen LogP contribution is -2.47. The number of hydrogen-bond acceptors (Lipinski definition) is 6. The van der Waals surface area contributed by atoms with E-state index in [9.17, 15) is 4.79 Å². The minimum Gasteiger partial charge on any atom is -0.339 e. The maximum atomic E-state index is 12.3. The Bertz CT molecular complexity index is 735. The molecule has 0 atom stereocenters. The molecule has 0 aromatic carbocycles. The van der Waals surface area contributed by atoms with E-state index in [4.69, 9.17) is 0 Å². The largest absolute Gasteiger partial charge is 0.339 e. The molecule has 2 aromatic heterocycles. The zero-order valence-corrected chi connectivity index (χ0v) is 14.9. The molecule has 0 spiro atoms. The number of amides is 1. The van der Waals surface area contributed by atoms with Gasteiger partial charge < -0.3 is 9.80 Å². The highest BCUT2D eigenvalue weighted by atomic mass is 32.2. The molecule has 0 N–H and O–H groups in total. The van der Waals surface area contributed by atoms with Gasteiger partial charge in [-0.25, -0.2) is 9.50 Å². The van der Waals surface area contributed by atoms with Gasteiger partial charge in [-0.3, -0.25) is 4.79 Å². The van der Waals surface area contributed by atoms with Crippen molar-refractivity contribution in [2.75, 3.05) is 39.0 Å². The van der Waals surface area contributed by atoms with E-state index in [0.29, 0.717) is 16.7 Å². The quantitative estimate of drug-likeness (QED) is 0.778. The van der Waals surface area contributed by atoms with Crippen LogP contribution in [-0.2, 0) is 4.79 Å². The zero-order chi connectivity index (χ0) is 16.6. The summed E-state index contributed by atoms with van der Waals surface area (Å²) in [5.41, 5.74) is 3.12. The molecule has 1 aliphatic rings. The monoisotopic (exact) mass is 334 g/mol. The average Bonchev–Trinajstić information content (AvgIpc) is 2.94. The minimum atomic E-state index is 0.152. The number of carbonyl (C=O) groups excluding carboxylic acids is 1. The molecule has 3 heterocycles. The standard InChI is InChI=1S/C15H22N6OS/c1-10-11(2)16-14-17-15(18-21(14)12(10)3)23-9-13(22)20-7-5-19(4)6-8-20/h5-9H2,1-4H3. The predicted octanol–water partition coefficient (Wildman–Crippen LogP) is 0.916. The van der Waals surface area contributed by atoms with Crippen LogP contribution in [0, 0.1) is 20.8 Å². The van der Waals surface area contributed by atoms with Crippen LogP contribution in [0.15, 0.2) is 5.16 Å². The number of carbonyl (C=O) groups is 1. The van der Waals surface area contributed by atoms with Gasteiger partial charge in [-0.1, -0.05) is 11.8 Å². The summed E-state index contributed by atoms with van der Waals surface area (Å²) in [6, 6.07) is 0. The van der Waals surface area contributed by atoms with Gasteiger partial charge in [0.15, 0.2) is 0 Å². The van der Waals surface area contributed by atoms with Crippen molar-refractivity contribution in [2.24, 2.45) is 0 Å². The van der Waals surface area contributed by atoms with Crippen LogP contribution < -0.4 is 0 Å². The van der Waals surface area contributed by atoms with E-state index in [-0.39, 0.29) is 5.91 Å². The molecule has 0 saturated carbocycles. The second-order valence-electron chi connectivity index (χ2n) is 5.99. The van der Waals surface area contributed by atoms with Gasteiger partial charge in [0, 0.05) is 37.6 Å². The van der Waals surface area contributed by atoms with Crippen molar-refractivity contribution < 1.29 is 4.79 Å². The fourth-order valence-electron chi connectivity index (χ4n) is 2.57. The Labute approximate surface area is 140 Å². The van der Waals surface area contributed by atoms with Crippen LogP contribution in [-0.4, -0.2) is 74.3 Å². The maximum Gasteiger partial charge on any atom is 0.253 e. The van der Waals surface area contributed by atoms with Crippen LogP contribution in [0.3, 0.4) is 0 Å². The smallest absolute Gasteiger partial charge is 0.253 e. The van der Waals surface area contributed by atoms with E-state index in [1.54, 1.807) is 4.52 Å². The minimum absolute atomic E-state index is 0.152. The molecule has 0 radical (unpaired) electrons. The molecule has 7 nitrogen and oxygen atoms in total. The molecule has 8 heteroatoms. The van der Waals surface area contributed by atoms with E-state index in [0.717, 1.165) is 43.1 Å². The second-order valence-corrected chi connectivity index (χ2v) is 6.93. The van der Waals surface area contributed by atoms with E-state index < -0.39 is 0 Å². The Balaban J connectivity index is 1.68. The zero-order valence-electron chi connectivity index (χ0n) is 14.0. The number of hydrogen-bond donors (Lipinski definition) is 0. The first kappa shape index (κ1) is 16.2. The van der Waals surface area contributed by atoms with Gasteiger partial charge in [0.05, 0.1) is 5.75 Å². The Kier molecular flexibility index (Phi) is 4.54. The SMILES string of the molecule is Cc1nc2nc(SCC(=O)N3CCN(C)CC3)nn2c(C)c1C. The summed E-state index contributed by atoms with van der Waals surface area (Å²) in [4.78, 5) is 25.3. The van der Waals surface area contributed by atoms with Crippen LogP contribution in [0.1, 0.15) is 17.0 Å². The van der Waals surface area contributed by atoms with Crippen LogP contribution in [0.5, 0.6) is 0 Å². The third-order valence-electron chi connectivity index (χ3n) is 4.42. The second kappa shape index (κ2) is 6.45. The summed E-state index contributed by atoms with van der Waals surface area (Å²) in [6.07, 6.45) is 0. The van der Waals surface area contributed by atoms with Crippen molar-refractivity contribution >= 4 is 23.4 Å².